The highest BCUT2D eigenvalue weighted by Gasteiger charge is 2.24. The SMILES string of the molecule is COc1cc(OC)c(C(N)CC(C)(C)C)c(OC)c1. The Bertz CT molecular complexity index is 399. The van der Waals surface area contributed by atoms with E-state index < -0.39 is 0 Å². The van der Waals surface area contributed by atoms with Crippen molar-refractivity contribution >= 4 is 0 Å². The molecular formula is C15H25NO3. The molecule has 0 radical (unpaired) electrons. The number of methoxy groups -OCH3 is 3. The second-order valence-corrected chi connectivity index (χ2v) is 5.82. The summed E-state index contributed by atoms with van der Waals surface area (Å²) >= 11 is 0. The first-order chi connectivity index (χ1) is 8.82. The van der Waals surface area contributed by atoms with Crippen molar-refractivity contribution in [1.29, 1.82) is 0 Å². The van der Waals surface area contributed by atoms with E-state index >= 15 is 0 Å². The lowest BCUT2D eigenvalue weighted by molar-refractivity contribution is 0.321. The van der Waals surface area contributed by atoms with Crippen LogP contribution in [-0.4, -0.2) is 21.3 Å². The first-order valence-corrected chi connectivity index (χ1v) is 6.38. The van der Waals surface area contributed by atoms with Gasteiger partial charge >= 0.3 is 0 Å². The fourth-order valence-electron chi connectivity index (χ4n) is 2.16. The van der Waals surface area contributed by atoms with Crippen LogP contribution in [0.4, 0.5) is 0 Å². The van der Waals surface area contributed by atoms with E-state index in [0.29, 0.717) is 17.2 Å². The van der Waals surface area contributed by atoms with Crippen LogP contribution in [0.1, 0.15) is 38.8 Å². The zero-order valence-electron chi connectivity index (χ0n) is 12.7. The Morgan fingerprint density at radius 1 is 1.00 bits per heavy atom. The van der Waals surface area contributed by atoms with Gasteiger partial charge in [-0.15, -0.1) is 0 Å². The Kier molecular flexibility index (Phi) is 5.06. The Balaban J connectivity index is 3.23. The van der Waals surface area contributed by atoms with E-state index in [0.717, 1.165) is 12.0 Å². The molecule has 4 heteroatoms. The summed E-state index contributed by atoms with van der Waals surface area (Å²) in [5, 5.41) is 0. The van der Waals surface area contributed by atoms with Gasteiger partial charge in [-0.3, -0.25) is 0 Å². The zero-order chi connectivity index (χ0) is 14.6. The number of hydrogen-bond donors (Lipinski definition) is 1. The molecule has 0 aliphatic rings. The average Bonchev–Trinajstić information content (AvgIpc) is 2.34. The molecule has 2 N–H and O–H groups in total. The van der Waals surface area contributed by atoms with Crippen molar-refractivity contribution in [1.82, 2.24) is 0 Å². The van der Waals surface area contributed by atoms with Crippen LogP contribution >= 0.6 is 0 Å². The van der Waals surface area contributed by atoms with E-state index in [4.69, 9.17) is 19.9 Å². The van der Waals surface area contributed by atoms with E-state index in [1.807, 2.05) is 12.1 Å². The van der Waals surface area contributed by atoms with Crippen molar-refractivity contribution in [3.63, 3.8) is 0 Å². The van der Waals surface area contributed by atoms with Crippen molar-refractivity contribution in [2.75, 3.05) is 21.3 Å². The van der Waals surface area contributed by atoms with Crippen LogP contribution in [0.5, 0.6) is 17.2 Å². The number of nitrogens with two attached hydrogens (primary N) is 1. The van der Waals surface area contributed by atoms with Gasteiger partial charge in [-0.05, 0) is 11.8 Å². The van der Waals surface area contributed by atoms with Gasteiger partial charge in [0.25, 0.3) is 0 Å². The van der Waals surface area contributed by atoms with E-state index in [1.165, 1.54) is 0 Å². The molecule has 0 heterocycles. The molecule has 0 aliphatic heterocycles. The van der Waals surface area contributed by atoms with Crippen molar-refractivity contribution in [3.05, 3.63) is 17.7 Å². The minimum Gasteiger partial charge on any atom is -0.496 e. The monoisotopic (exact) mass is 267 g/mol. The summed E-state index contributed by atoms with van der Waals surface area (Å²) in [6.07, 6.45) is 0.839. The number of benzene rings is 1. The molecule has 108 valence electrons. The van der Waals surface area contributed by atoms with Crippen molar-refractivity contribution in [2.24, 2.45) is 11.1 Å². The summed E-state index contributed by atoms with van der Waals surface area (Å²) in [6, 6.07) is 3.52. The quantitative estimate of drug-likeness (QED) is 0.890. The topological polar surface area (TPSA) is 53.7 Å². The minimum atomic E-state index is -0.143. The van der Waals surface area contributed by atoms with Gasteiger partial charge in [0.2, 0.25) is 0 Å². The second kappa shape index (κ2) is 6.15. The third kappa shape index (κ3) is 4.03. The molecule has 1 rings (SSSR count). The Labute approximate surface area is 115 Å². The fraction of sp³-hybridized carbons (Fsp3) is 0.600. The highest BCUT2D eigenvalue weighted by molar-refractivity contribution is 5.52. The van der Waals surface area contributed by atoms with Gasteiger partial charge < -0.3 is 19.9 Å². The molecule has 0 aliphatic carbocycles. The second-order valence-electron chi connectivity index (χ2n) is 5.82. The summed E-state index contributed by atoms with van der Waals surface area (Å²) in [7, 11) is 4.87. The van der Waals surface area contributed by atoms with Gasteiger partial charge in [-0.2, -0.15) is 0 Å². The molecule has 0 saturated heterocycles. The predicted molar refractivity (Wildman–Crippen MR) is 77.1 cm³/mol. The molecule has 1 unspecified atom stereocenters. The lowest BCUT2D eigenvalue weighted by Crippen LogP contribution is -2.20. The van der Waals surface area contributed by atoms with Crippen LogP contribution in [-0.2, 0) is 0 Å². The highest BCUT2D eigenvalue weighted by Crippen LogP contribution is 2.40. The minimum absolute atomic E-state index is 0.134. The molecule has 1 aromatic rings. The van der Waals surface area contributed by atoms with Crippen LogP contribution in [0, 0.1) is 5.41 Å². The molecule has 1 aromatic carbocycles. The number of hydrogen-bond acceptors (Lipinski definition) is 4. The maximum atomic E-state index is 6.32. The molecule has 0 bridgehead atoms. The fourth-order valence-corrected chi connectivity index (χ4v) is 2.16. The van der Waals surface area contributed by atoms with Crippen molar-refractivity contribution < 1.29 is 14.2 Å². The summed E-state index contributed by atoms with van der Waals surface area (Å²) in [5.74, 6) is 2.10. The Morgan fingerprint density at radius 3 is 1.79 bits per heavy atom. The van der Waals surface area contributed by atoms with Gasteiger partial charge in [0.1, 0.15) is 17.2 Å². The molecule has 1 atom stereocenters. The van der Waals surface area contributed by atoms with Gasteiger partial charge in [-0.1, -0.05) is 20.8 Å². The number of ether oxygens (including phenoxy) is 3. The lowest BCUT2D eigenvalue weighted by atomic mass is 9.85. The standard InChI is InChI=1S/C15H25NO3/c1-15(2,3)9-11(16)14-12(18-5)7-10(17-4)8-13(14)19-6/h7-8,11H,9,16H2,1-6H3. The van der Waals surface area contributed by atoms with E-state index in [2.05, 4.69) is 20.8 Å². The van der Waals surface area contributed by atoms with E-state index in [9.17, 15) is 0 Å². The summed E-state index contributed by atoms with van der Waals surface area (Å²) in [5.41, 5.74) is 7.35. The van der Waals surface area contributed by atoms with Crippen LogP contribution in [0.3, 0.4) is 0 Å². The van der Waals surface area contributed by atoms with Crippen molar-refractivity contribution in [2.45, 2.75) is 33.2 Å². The highest BCUT2D eigenvalue weighted by atomic mass is 16.5. The smallest absolute Gasteiger partial charge is 0.131 e. The first-order valence-electron chi connectivity index (χ1n) is 6.38. The maximum Gasteiger partial charge on any atom is 0.131 e. The van der Waals surface area contributed by atoms with Gasteiger partial charge in [0, 0.05) is 18.2 Å². The van der Waals surface area contributed by atoms with Crippen LogP contribution in [0.2, 0.25) is 0 Å². The molecule has 0 fully saturated rings. The van der Waals surface area contributed by atoms with E-state index in [1.54, 1.807) is 21.3 Å². The molecular weight excluding hydrogens is 242 g/mol. The lowest BCUT2D eigenvalue weighted by Gasteiger charge is -2.26. The van der Waals surface area contributed by atoms with Gasteiger partial charge in [-0.25, -0.2) is 0 Å². The largest absolute Gasteiger partial charge is 0.496 e. The molecule has 0 saturated carbocycles. The van der Waals surface area contributed by atoms with E-state index in [-0.39, 0.29) is 11.5 Å². The molecule has 4 nitrogen and oxygen atoms in total. The summed E-state index contributed by atoms with van der Waals surface area (Å²) in [6.45, 7) is 6.49. The van der Waals surface area contributed by atoms with Crippen LogP contribution < -0.4 is 19.9 Å². The first kappa shape index (κ1) is 15.6. The predicted octanol–water partition coefficient (Wildman–Crippen LogP) is 3.15. The zero-order valence-corrected chi connectivity index (χ0v) is 12.7. The average molecular weight is 267 g/mol. The summed E-state index contributed by atoms with van der Waals surface area (Å²) in [4.78, 5) is 0. The molecule has 19 heavy (non-hydrogen) atoms. The molecule has 0 spiro atoms. The maximum absolute atomic E-state index is 6.32. The normalized spacial score (nSPS) is 13.0. The number of rotatable bonds is 5. The molecule has 0 amide bonds. The third-order valence-corrected chi connectivity index (χ3v) is 2.96. The Hall–Kier alpha value is -1.42. The third-order valence-electron chi connectivity index (χ3n) is 2.96. The van der Waals surface area contributed by atoms with Crippen LogP contribution in [0.25, 0.3) is 0 Å². The van der Waals surface area contributed by atoms with Crippen LogP contribution in [0.15, 0.2) is 12.1 Å². The van der Waals surface area contributed by atoms with Crippen molar-refractivity contribution in [3.8, 4) is 17.2 Å². The van der Waals surface area contributed by atoms with Gasteiger partial charge in [0.15, 0.2) is 0 Å². The molecule has 0 aromatic heterocycles. The summed E-state index contributed by atoms with van der Waals surface area (Å²) < 4.78 is 16.1. The van der Waals surface area contributed by atoms with Gasteiger partial charge in [0.05, 0.1) is 26.9 Å². The Morgan fingerprint density at radius 2 is 1.47 bits per heavy atom.